The topological polar surface area (TPSA) is 105 Å². The molecular formula is C10H12N2O5. The van der Waals surface area contributed by atoms with Gasteiger partial charge < -0.3 is 14.9 Å². The highest BCUT2D eigenvalue weighted by molar-refractivity contribution is 5.07. The molecule has 0 amide bonds. The summed E-state index contributed by atoms with van der Waals surface area (Å²) in [7, 11) is 0. The van der Waals surface area contributed by atoms with Crippen LogP contribution in [0.15, 0.2) is 27.9 Å². The molecule has 17 heavy (non-hydrogen) atoms. The molecule has 2 heterocycles. The maximum absolute atomic E-state index is 11.5. The lowest BCUT2D eigenvalue weighted by atomic mass is 10.3. The molecule has 0 aliphatic carbocycles. The minimum atomic E-state index is -0.679. The van der Waals surface area contributed by atoms with Crippen molar-refractivity contribution in [1.29, 1.82) is 0 Å². The Labute approximate surface area is 95.6 Å². The lowest BCUT2D eigenvalue weighted by molar-refractivity contribution is -0.0105. The van der Waals surface area contributed by atoms with Gasteiger partial charge in [0.05, 0.1) is 18.8 Å². The van der Waals surface area contributed by atoms with Gasteiger partial charge in [0.15, 0.2) is 6.23 Å². The molecule has 0 bridgehead atoms. The minimum absolute atomic E-state index is 0.0778. The van der Waals surface area contributed by atoms with Crippen molar-refractivity contribution in [2.75, 3.05) is 6.61 Å². The van der Waals surface area contributed by atoms with Gasteiger partial charge in [0.2, 0.25) is 0 Å². The summed E-state index contributed by atoms with van der Waals surface area (Å²) >= 11 is 0. The number of rotatable bonds is 3. The molecule has 0 spiro atoms. The van der Waals surface area contributed by atoms with Crippen LogP contribution in [0, 0.1) is 0 Å². The smallest absolute Gasteiger partial charge is 0.330 e. The maximum Gasteiger partial charge on any atom is 0.330 e. The van der Waals surface area contributed by atoms with Crippen molar-refractivity contribution in [2.24, 2.45) is 0 Å². The molecular weight excluding hydrogens is 228 g/mol. The number of ether oxygens (including phenoxy) is 1. The predicted octanol–water partition coefficient (Wildman–Crippen LogP) is -1.53. The van der Waals surface area contributed by atoms with Gasteiger partial charge in [-0.2, -0.15) is 0 Å². The molecule has 1 aromatic heterocycles. The third-order valence-corrected chi connectivity index (χ3v) is 2.47. The van der Waals surface area contributed by atoms with Gasteiger partial charge in [0, 0.05) is 6.20 Å². The fraction of sp³-hybridized carbons (Fsp3) is 0.400. The minimum Gasteiger partial charge on any atom is -0.393 e. The van der Waals surface area contributed by atoms with E-state index in [-0.39, 0.29) is 12.2 Å². The normalized spacial score (nSPS) is 23.2. The summed E-state index contributed by atoms with van der Waals surface area (Å²) in [5.41, 5.74) is -1.16. The van der Waals surface area contributed by atoms with Crippen molar-refractivity contribution in [3.8, 4) is 0 Å². The monoisotopic (exact) mass is 240 g/mol. The number of nitrogens with one attached hydrogen (secondary N) is 1. The molecule has 0 saturated heterocycles. The number of hydrogen-bond donors (Lipinski definition) is 3. The van der Waals surface area contributed by atoms with Gasteiger partial charge in [-0.05, 0) is 6.08 Å². The number of hydrogen-bond acceptors (Lipinski definition) is 5. The lowest BCUT2D eigenvalue weighted by Gasteiger charge is -2.15. The second kappa shape index (κ2) is 4.66. The standard InChI is InChI=1S/C10H12N2O5/c13-4-6-3-12(10(16)11-9(6)15)8-2-1-7(5-14)17-8/h1-3,7-8,13-14H,4-5H2,(H,11,15,16)/t7-,8+/m0/s1. The highest BCUT2D eigenvalue weighted by Crippen LogP contribution is 2.18. The van der Waals surface area contributed by atoms with Gasteiger partial charge in [-0.15, -0.1) is 0 Å². The number of aliphatic hydroxyl groups is 2. The Morgan fingerprint density at radius 1 is 1.35 bits per heavy atom. The quantitative estimate of drug-likeness (QED) is 0.556. The first-order valence-corrected chi connectivity index (χ1v) is 5.05. The number of aliphatic hydroxyl groups excluding tert-OH is 2. The average molecular weight is 240 g/mol. The summed E-state index contributed by atoms with van der Waals surface area (Å²) in [6, 6.07) is 0. The zero-order valence-corrected chi connectivity index (χ0v) is 8.87. The van der Waals surface area contributed by atoms with Crippen molar-refractivity contribution in [3.05, 3.63) is 44.8 Å². The van der Waals surface area contributed by atoms with Crippen LogP contribution < -0.4 is 11.2 Å². The molecule has 3 N–H and O–H groups in total. The molecule has 1 aromatic rings. The lowest BCUT2D eigenvalue weighted by Crippen LogP contribution is -2.34. The van der Waals surface area contributed by atoms with Crippen molar-refractivity contribution >= 4 is 0 Å². The molecule has 92 valence electrons. The van der Waals surface area contributed by atoms with E-state index < -0.39 is 30.2 Å². The molecule has 7 nitrogen and oxygen atoms in total. The summed E-state index contributed by atoms with van der Waals surface area (Å²) < 4.78 is 6.47. The SMILES string of the molecule is O=c1[nH]c(=O)n([C@H]2C=C[C@@H](CO)O2)cc1CO. The Hall–Kier alpha value is -1.70. The van der Waals surface area contributed by atoms with E-state index in [9.17, 15) is 9.59 Å². The molecule has 0 aromatic carbocycles. The summed E-state index contributed by atoms with van der Waals surface area (Å²) in [5, 5.41) is 17.8. The van der Waals surface area contributed by atoms with Crippen LogP contribution in [-0.4, -0.2) is 32.5 Å². The molecule has 0 radical (unpaired) electrons. The van der Waals surface area contributed by atoms with Crippen LogP contribution in [0.5, 0.6) is 0 Å². The van der Waals surface area contributed by atoms with Crippen molar-refractivity contribution < 1.29 is 14.9 Å². The number of nitrogens with zero attached hydrogens (tertiary/aromatic N) is 1. The summed E-state index contributed by atoms with van der Waals surface area (Å²) in [4.78, 5) is 24.9. The van der Waals surface area contributed by atoms with Gasteiger partial charge in [-0.1, -0.05) is 6.08 Å². The van der Waals surface area contributed by atoms with E-state index in [4.69, 9.17) is 14.9 Å². The second-order valence-corrected chi connectivity index (χ2v) is 3.61. The first kappa shape index (κ1) is 11.8. The van der Waals surface area contributed by atoms with Crippen LogP contribution in [-0.2, 0) is 11.3 Å². The Bertz CT molecular complexity index is 544. The first-order chi connectivity index (χ1) is 8.15. The molecule has 0 unspecified atom stereocenters. The Morgan fingerprint density at radius 3 is 2.71 bits per heavy atom. The molecule has 2 atom stereocenters. The number of aromatic nitrogens is 2. The molecule has 7 heteroatoms. The zero-order valence-electron chi connectivity index (χ0n) is 8.87. The average Bonchev–Trinajstić information content (AvgIpc) is 2.78. The van der Waals surface area contributed by atoms with Crippen molar-refractivity contribution in [3.63, 3.8) is 0 Å². The summed E-state index contributed by atoms with van der Waals surface area (Å²) in [6.45, 7) is -0.645. The van der Waals surface area contributed by atoms with E-state index >= 15 is 0 Å². The predicted molar refractivity (Wildman–Crippen MR) is 57.4 cm³/mol. The molecule has 0 saturated carbocycles. The first-order valence-electron chi connectivity index (χ1n) is 5.05. The van der Waals surface area contributed by atoms with Crippen LogP contribution in [0.3, 0.4) is 0 Å². The number of H-pyrrole nitrogens is 1. The summed E-state index contributed by atoms with van der Waals surface area (Å²) in [5.74, 6) is 0. The van der Waals surface area contributed by atoms with Gasteiger partial charge in [-0.25, -0.2) is 4.79 Å². The van der Waals surface area contributed by atoms with Gasteiger partial charge >= 0.3 is 5.69 Å². The van der Waals surface area contributed by atoms with Crippen LogP contribution in [0.4, 0.5) is 0 Å². The second-order valence-electron chi connectivity index (χ2n) is 3.61. The molecule has 0 fully saturated rings. The fourth-order valence-electron chi connectivity index (χ4n) is 1.58. The van der Waals surface area contributed by atoms with E-state index in [0.717, 1.165) is 4.57 Å². The van der Waals surface area contributed by atoms with E-state index in [1.54, 1.807) is 12.2 Å². The van der Waals surface area contributed by atoms with Crippen LogP contribution >= 0.6 is 0 Å². The van der Waals surface area contributed by atoms with Gasteiger partial charge in [-0.3, -0.25) is 14.3 Å². The Balaban J connectivity index is 2.37. The van der Waals surface area contributed by atoms with E-state index in [0.29, 0.717) is 0 Å². The highest BCUT2D eigenvalue weighted by atomic mass is 16.5. The largest absolute Gasteiger partial charge is 0.393 e. The third-order valence-electron chi connectivity index (χ3n) is 2.47. The van der Waals surface area contributed by atoms with Crippen LogP contribution in [0.2, 0.25) is 0 Å². The third kappa shape index (κ3) is 2.21. The molecule has 2 rings (SSSR count). The summed E-state index contributed by atoms with van der Waals surface area (Å²) in [6.07, 6.45) is 3.33. The molecule has 1 aliphatic heterocycles. The highest BCUT2D eigenvalue weighted by Gasteiger charge is 2.21. The molecule has 1 aliphatic rings. The van der Waals surface area contributed by atoms with Gasteiger partial charge in [0.1, 0.15) is 6.10 Å². The van der Waals surface area contributed by atoms with Gasteiger partial charge in [0.25, 0.3) is 5.56 Å². The van der Waals surface area contributed by atoms with Crippen LogP contribution in [0.1, 0.15) is 11.8 Å². The van der Waals surface area contributed by atoms with E-state index in [2.05, 4.69) is 4.98 Å². The van der Waals surface area contributed by atoms with Crippen molar-refractivity contribution in [1.82, 2.24) is 9.55 Å². The van der Waals surface area contributed by atoms with E-state index in [1.165, 1.54) is 6.20 Å². The Kier molecular flexibility index (Phi) is 3.23. The number of aromatic amines is 1. The maximum atomic E-state index is 11.5. The zero-order chi connectivity index (χ0) is 12.4. The fourth-order valence-corrected chi connectivity index (χ4v) is 1.58. The van der Waals surface area contributed by atoms with E-state index in [1.807, 2.05) is 0 Å². The van der Waals surface area contributed by atoms with Crippen molar-refractivity contribution in [2.45, 2.75) is 18.9 Å². The Morgan fingerprint density at radius 2 is 2.12 bits per heavy atom. The van der Waals surface area contributed by atoms with Crippen LogP contribution in [0.25, 0.3) is 0 Å².